The van der Waals surface area contributed by atoms with Crippen molar-refractivity contribution in [2.24, 2.45) is 0 Å². The zero-order chi connectivity index (χ0) is 11.7. The van der Waals surface area contributed by atoms with Crippen LogP contribution in [0.5, 0.6) is 0 Å². The Labute approximate surface area is 88.9 Å². The Hall–Kier alpha value is -0.660. The van der Waals surface area contributed by atoms with Crippen LogP contribution in [-0.4, -0.2) is 43.1 Å². The Morgan fingerprint density at radius 2 is 2.20 bits per heavy atom. The molecule has 2 atom stereocenters. The third-order valence-corrected chi connectivity index (χ3v) is 4.86. The Morgan fingerprint density at radius 1 is 1.60 bits per heavy atom. The molecule has 3 N–H and O–H groups in total. The molecule has 0 aromatic heterocycles. The molecule has 1 heterocycles. The van der Waals surface area contributed by atoms with E-state index >= 15 is 0 Å². The third-order valence-electron chi connectivity index (χ3n) is 2.88. The molecule has 0 radical (unpaired) electrons. The first-order valence-corrected chi connectivity index (χ1v) is 6.60. The molecular formula is C8H16N2O4S. The lowest BCUT2D eigenvalue weighted by molar-refractivity contribution is -0.132. The van der Waals surface area contributed by atoms with Gasteiger partial charge in [-0.1, -0.05) is 0 Å². The average Bonchev–Trinajstić information content (AvgIpc) is 2.14. The molecule has 1 saturated heterocycles. The van der Waals surface area contributed by atoms with Crippen LogP contribution in [0.2, 0.25) is 0 Å². The molecule has 1 aliphatic heterocycles. The van der Waals surface area contributed by atoms with E-state index in [0.717, 1.165) is 6.26 Å². The van der Waals surface area contributed by atoms with Gasteiger partial charge in [-0.05, 0) is 26.3 Å². The zero-order valence-electron chi connectivity index (χ0n) is 8.78. The Kier molecular flexibility index (Phi) is 3.37. The van der Waals surface area contributed by atoms with E-state index in [1.54, 1.807) is 0 Å². The molecule has 6 nitrogen and oxygen atoms in total. The quantitative estimate of drug-likeness (QED) is 0.424. The summed E-state index contributed by atoms with van der Waals surface area (Å²) in [5.74, 6) is -0.835. The minimum Gasteiger partial charge on any atom is -0.314 e. The second-order valence-electron chi connectivity index (χ2n) is 4.02. The molecule has 88 valence electrons. The maximum absolute atomic E-state index is 11.7. The first-order chi connectivity index (χ1) is 6.83. The summed E-state index contributed by atoms with van der Waals surface area (Å²) < 4.78 is 21.8. The topological polar surface area (TPSA) is 95.5 Å². The van der Waals surface area contributed by atoms with E-state index in [0.29, 0.717) is 6.54 Å². The lowest BCUT2D eigenvalue weighted by atomic mass is 9.91. The fraction of sp³-hybridized carbons (Fsp3) is 0.875. The monoisotopic (exact) mass is 236 g/mol. The van der Waals surface area contributed by atoms with E-state index < -0.39 is 20.5 Å². The fourth-order valence-electron chi connectivity index (χ4n) is 2.00. The molecule has 0 aromatic rings. The van der Waals surface area contributed by atoms with Crippen LogP contribution in [0.25, 0.3) is 0 Å². The van der Waals surface area contributed by atoms with E-state index in [-0.39, 0.29) is 18.9 Å². The number of hydrogen-bond donors (Lipinski definition) is 3. The van der Waals surface area contributed by atoms with Gasteiger partial charge in [-0.2, -0.15) is 0 Å². The summed E-state index contributed by atoms with van der Waals surface area (Å²) in [5.41, 5.74) is 1.46. The van der Waals surface area contributed by atoms with Crippen LogP contribution < -0.4 is 10.8 Å². The molecule has 0 aromatic carbocycles. The number of carbonyl (C=O) groups is 1. The second kappa shape index (κ2) is 4.07. The molecule has 0 bridgehead atoms. The first kappa shape index (κ1) is 12.4. The summed E-state index contributed by atoms with van der Waals surface area (Å²) in [7, 11) is -3.54. The Bertz CT molecular complexity index is 354. The van der Waals surface area contributed by atoms with Crippen molar-refractivity contribution < 1.29 is 18.4 Å². The summed E-state index contributed by atoms with van der Waals surface area (Å²) >= 11 is 0. The maximum atomic E-state index is 11.7. The predicted octanol–water partition coefficient (Wildman–Crippen LogP) is -0.953. The highest BCUT2D eigenvalue weighted by molar-refractivity contribution is 7.92. The lowest BCUT2D eigenvalue weighted by Crippen LogP contribution is -2.59. The number of amides is 1. The minimum absolute atomic E-state index is 0.0641. The van der Waals surface area contributed by atoms with E-state index in [1.807, 2.05) is 6.92 Å². The van der Waals surface area contributed by atoms with Crippen LogP contribution in [0.4, 0.5) is 0 Å². The smallest absolute Gasteiger partial charge is 0.264 e. The highest BCUT2D eigenvalue weighted by Crippen LogP contribution is 2.30. The highest BCUT2D eigenvalue weighted by atomic mass is 32.2. The number of sulfone groups is 1. The fourth-order valence-corrected chi connectivity index (χ4v) is 3.41. The molecule has 0 spiro atoms. The van der Waals surface area contributed by atoms with E-state index in [1.165, 1.54) is 5.48 Å². The summed E-state index contributed by atoms with van der Waals surface area (Å²) in [4.78, 5) is 11.5. The molecule has 0 saturated carbocycles. The Morgan fingerprint density at radius 3 is 2.60 bits per heavy atom. The van der Waals surface area contributed by atoms with E-state index in [9.17, 15) is 13.2 Å². The van der Waals surface area contributed by atoms with E-state index in [4.69, 9.17) is 5.21 Å². The highest BCUT2D eigenvalue weighted by Gasteiger charge is 2.50. The van der Waals surface area contributed by atoms with Gasteiger partial charge in [0.2, 0.25) is 0 Å². The molecule has 15 heavy (non-hydrogen) atoms. The molecule has 1 rings (SSSR count). The molecule has 1 amide bonds. The molecule has 1 fully saturated rings. The maximum Gasteiger partial charge on any atom is 0.264 e. The van der Waals surface area contributed by atoms with Gasteiger partial charge in [0.05, 0.1) is 0 Å². The summed E-state index contributed by atoms with van der Waals surface area (Å²) in [6.45, 7) is 2.26. The van der Waals surface area contributed by atoms with Gasteiger partial charge in [-0.15, -0.1) is 0 Å². The standard InChI is InChI=1S/C8H16N2O4S/c1-6-5-8(3-4-9-6,7(11)10-12)15(2,13)14/h6,9,12H,3-5H2,1-2H3,(H,10,11)/t6-,8?/m0/s1. The number of nitrogens with one attached hydrogen (secondary N) is 2. The first-order valence-electron chi connectivity index (χ1n) is 4.71. The summed E-state index contributed by atoms with van der Waals surface area (Å²) in [5, 5.41) is 11.7. The van der Waals surface area contributed by atoms with Crippen molar-refractivity contribution in [3.05, 3.63) is 0 Å². The lowest BCUT2D eigenvalue weighted by Gasteiger charge is -2.36. The van der Waals surface area contributed by atoms with Crippen molar-refractivity contribution in [2.75, 3.05) is 12.8 Å². The van der Waals surface area contributed by atoms with Crippen molar-refractivity contribution in [1.29, 1.82) is 0 Å². The normalized spacial score (nSPS) is 32.3. The van der Waals surface area contributed by atoms with Crippen LogP contribution in [-0.2, 0) is 14.6 Å². The molecular weight excluding hydrogens is 220 g/mol. The van der Waals surface area contributed by atoms with Crippen LogP contribution in [0.15, 0.2) is 0 Å². The number of rotatable bonds is 2. The van der Waals surface area contributed by atoms with Crippen molar-refractivity contribution in [3.8, 4) is 0 Å². The zero-order valence-corrected chi connectivity index (χ0v) is 9.60. The van der Waals surface area contributed by atoms with Gasteiger partial charge in [0.1, 0.15) is 0 Å². The average molecular weight is 236 g/mol. The van der Waals surface area contributed by atoms with Gasteiger partial charge >= 0.3 is 0 Å². The summed E-state index contributed by atoms with van der Waals surface area (Å²) in [6.07, 6.45) is 1.39. The van der Waals surface area contributed by atoms with Crippen LogP contribution in [0.3, 0.4) is 0 Å². The SMILES string of the molecule is C[C@H]1CC(C(=O)NO)(S(C)(=O)=O)CCN1. The van der Waals surface area contributed by atoms with Crippen LogP contribution in [0, 0.1) is 0 Å². The molecule has 1 aliphatic rings. The van der Waals surface area contributed by atoms with Crippen molar-refractivity contribution >= 4 is 15.7 Å². The van der Waals surface area contributed by atoms with Crippen molar-refractivity contribution in [2.45, 2.75) is 30.6 Å². The number of hydrogen-bond acceptors (Lipinski definition) is 5. The van der Waals surface area contributed by atoms with Gasteiger partial charge in [-0.3, -0.25) is 10.0 Å². The van der Waals surface area contributed by atoms with Gasteiger partial charge in [0.25, 0.3) is 5.91 Å². The largest absolute Gasteiger partial charge is 0.314 e. The summed E-state index contributed by atoms with van der Waals surface area (Å²) in [6, 6.07) is -0.0641. The van der Waals surface area contributed by atoms with Gasteiger partial charge in [0, 0.05) is 12.3 Å². The predicted molar refractivity (Wildman–Crippen MR) is 54.2 cm³/mol. The molecule has 7 heteroatoms. The van der Waals surface area contributed by atoms with Gasteiger partial charge in [-0.25, -0.2) is 13.9 Å². The van der Waals surface area contributed by atoms with Gasteiger partial charge in [0.15, 0.2) is 14.6 Å². The number of hydroxylamine groups is 1. The third kappa shape index (κ3) is 2.14. The van der Waals surface area contributed by atoms with Crippen molar-refractivity contribution in [3.63, 3.8) is 0 Å². The molecule has 0 aliphatic carbocycles. The minimum atomic E-state index is -3.54. The second-order valence-corrected chi connectivity index (χ2v) is 6.34. The van der Waals surface area contributed by atoms with Crippen LogP contribution >= 0.6 is 0 Å². The van der Waals surface area contributed by atoms with Crippen molar-refractivity contribution in [1.82, 2.24) is 10.8 Å². The van der Waals surface area contributed by atoms with Gasteiger partial charge < -0.3 is 5.32 Å². The number of carbonyl (C=O) groups excluding carboxylic acids is 1. The van der Waals surface area contributed by atoms with E-state index in [2.05, 4.69) is 5.32 Å². The number of piperidine rings is 1. The van der Waals surface area contributed by atoms with Crippen LogP contribution in [0.1, 0.15) is 19.8 Å². The Balaban J connectivity index is 3.12. The molecule has 1 unspecified atom stereocenters.